The Morgan fingerprint density at radius 1 is 1.27 bits per heavy atom. The molecule has 0 heterocycles. The average Bonchev–Trinajstić information content (AvgIpc) is 2.11. The van der Waals surface area contributed by atoms with Crippen molar-refractivity contribution in [3.8, 4) is 0 Å². The fourth-order valence-corrected chi connectivity index (χ4v) is 2.12. The molecule has 5 heteroatoms. The van der Waals surface area contributed by atoms with Crippen LogP contribution in [-0.2, 0) is 9.59 Å². The summed E-state index contributed by atoms with van der Waals surface area (Å²) >= 11 is 5.78. The molecule has 0 spiro atoms. The number of carboxylic acid groups (broad SMARTS) is 2. The first-order chi connectivity index (χ1) is 6.74. The lowest BCUT2D eigenvalue weighted by Gasteiger charge is -2.42. The van der Waals surface area contributed by atoms with Gasteiger partial charge in [-0.05, 0) is 26.7 Å². The van der Waals surface area contributed by atoms with E-state index >= 15 is 0 Å². The molecule has 2 atom stereocenters. The Balaban J connectivity index is 3.27. The minimum Gasteiger partial charge on any atom is -0.481 e. The molecule has 0 aromatic carbocycles. The van der Waals surface area contributed by atoms with E-state index in [1.807, 2.05) is 0 Å². The summed E-state index contributed by atoms with van der Waals surface area (Å²) in [5.41, 5.74) is -2.66. The van der Waals surface area contributed by atoms with Crippen molar-refractivity contribution in [2.24, 2.45) is 10.8 Å². The van der Waals surface area contributed by atoms with Crippen molar-refractivity contribution in [2.75, 3.05) is 0 Å². The van der Waals surface area contributed by atoms with Crippen LogP contribution >= 0.6 is 11.6 Å². The molecule has 1 aliphatic rings. The topological polar surface area (TPSA) is 74.6 Å². The van der Waals surface area contributed by atoms with Gasteiger partial charge in [0, 0.05) is 5.03 Å². The summed E-state index contributed by atoms with van der Waals surface area (Å²) in [6.07, 6.45) is 1.79. The van der Waals surface area contributed by atoms with E-state index in [2.05, 4.69) is 0 Å². The molecule has 0 aromatic rings. The molecule has 4 nitrogen and oxygen atoms in total. The van der Waals surface area contributed by atoms with Crippen molar-refractivity contribution in [2.45, 2.75) is 26.7 Å². The van der Waals surface area contributed by atoms with Crippen LogP contribution in [0.5, 0.6) is 0 Å². The monoisotopic (exact) mass is 232 g/mol. The third-order valence-electron chi connectivity index (χ3n) is 3.42. The van der Waals surface area contributed by atoms with Crippen LogP contribution < -0.4 is 0 Å². The second-order valence-corrected chi connectivity index (χ2v) is 4.79. The predicted octanol–water partition coefficient (Wildman–Crippen LogP) is 2.08. The van der Waals surface area contributed by atoms with E-state index < -0.39 is 22.8 Å². The van der Waals surface area contributed by atoms with E-state index in [9.17, 15) is 9.59 Å². The highest BCUT2D eigenvalue weighted by atomic mass is 35.5. The molecule has 15 heavy (non-hydrogen) atoms. The summed E-state index contributed by atoms with van der Waals surface area (Å²) < 4.78 is 0. The van der Waals surface area contributed by atoms with Crippen LogP contribution in [-0.4, -0.2) is 22.2 Å². The van der Waals surface area contributed by atoms with Gasteiger partial charge in [0.25, 0.3) is 0 Å². The van der Waals surface area contributed by atoms with Crippen LogP contribution in [0, 0.1) is 10.8 Å². The van der Waals surface area contributed by atoms with Crippen LogP contribution in [0.15, 0.2) is 11.1 Å². The smallest absolute Gasteiger partial charge is 0.310 e. The van der Waals surface area contributed by atoms with E-state index in [1.54, 1.807) is 6.08 Å². The van der Waals surface area contributed by atoms with Gasteiger partial charge in [-0.3, -0.25) is 9.59 Å². The highest BCUT2D eigenvalue weighted by molar-refractivity contribution is 6.29. The lowest BCUT2D eigenvalue weighted by atomic mass is 9.59. The van der Waals surface area contributed by atoms with Gasteiger partial charge >= 0.3 is 11.9 Å². The fourth-order valence-electron chi connectivity index (χ4n) is 1.78. The van der Waals surface area contributed by atoms with Crippen molar-refractivity contribution in [3.63, 3.8) is 0 Å². The molecule has 0 amide bonds. The first-order valence-corrected chi connectivity index (χ1v) is 4.93. The highest BCUT2D eigenvalue weighted by Gasteiger charge is 2.56. The quantitative estimate of drug-likeness (QED) is 0.765. The Bertz CT molecular complexity index is 349. The summed E-state index contributed by atoms with van der Waals surface area (Å²) in [4.78, 5) is 22.4. The number of carboxylic acids is 2. The molecule has 0 fully saturated rings. The molecule has 0 aliphatic heterocycles. The molecule has 0 aromatic heterocycles. The van der Waals surface area contributed by atoms with Crippen molar-refractivity contribution in [3.05, 3.63) is 11.1 Å². The summed E-state index contributed by atoms with van der Waals surface area (Å²) in [7, 11) is 0. The van der Waals surface area contributed by atoms with E-state index in [0.717, 1.165) is 0 Å². The maximum absolute atomic E-state index is 11.2. The molecule has 0 saturated carbocycles. The number of rotatable bonds is 2. The number of hydrogen-bond acceptors (Lipinski definition) is 2. The van der Waals surface area contributed by atoms with Gasteiger partial charge in [-0.25, -0.2) is 0 Å². The van der Waals surface area contributed by atoms with E-state index in [1.165, 1.54) is 13.8 Å². The largest absolute Gasteiger partial charge is 0.481 e. The number of hydrogen-bond donors (Lipinski definition) is 2. The second-order valence-electron chi connectivity index (χ2n) is 4.31. The molecule has 84 valence electrons. The van der Waals surface area contributed by atoms with Crippen molar-refractivity contribution >= 4 is 23.5 Å². The minimum absolute atomic E-state index is 0.0622. The molecular formula is C10H13ClO4. The Kier molecular flexibility index (Phi) is 2.83. The van der Waals surface area contributed by atoms with Crippen LogP contribution in [0.2, 0.25) is 0 Å². The maximum Gasteiger partial charge on any atom is 0.310 e. The van der Waals surface area contributed by atoms with Gasteiger partial charge in [0.05, 0.1) is 10.8 Å². The predicted molar refractivity (Wildman–Crippen MR) is 54.7 cm³/mol. The number of carbonyl (C=O) groups is 2. The zero-order valence-electron chi connectivity index (χ0n) is 8.58. The van der Waals surface area contributed by atoms with Gasteiger partial charge in [-0.1, -0.05) is 17.7 Å². The maximum atomic E-state index is 11.2. The summed E-state index contributed by atoms with van der Waals surface area (Å²) in [5, 5.41) is 18.7. The highest BCUT2D eigenvalue weighted by Crippen LogP contribution is 2.51. The van der Waals surface area contributed by atoms with Gasteiger partial charge in [0.15, 0.2) is 0 Å². The third-order valence-corrected chi connectivity index (χ3v) is 3.70. The summed E-state index contributed by atoms with van der Waals surface area (Å²) in [6.45, 7) is 2.88. The third kappa shape index (κ3) is 1.63. The van der Waals surface area contributed by atoms with Gasteiger partial charge < -0.3 is 10.2 Å². The molecule has 0 radical (unpaired) electrons. The zero-order chi connectivity index (χ0) is 11.9. The van der Waals surface area contributed by atoms with Crippen molar-refractivity contribution in [1.82, 2.24) is 0 Å². The van der Waals surface area contributed by atoms with Crippen LogP contribution in [0.25, 0.3) is 0 Å². The van der Waals surface area contributed by atoms with E-state index in [0.29, 0.717) is 5.03 Å². The fraction of sp³-hybridized carbons (Fsp3) is 0.600. The molecule has 1 rings (SSSR count). The molecule has 1 aliphatic carbocycles. The second kappa shape index (κ2) is 3.52. The molecule has 0 bridgehead atoms. The zero-order valence-corrected chi connectivity index (χ0v) is 9.34. The van der Waals surface area contributed by atoms with Gasteiger partial charge in [-0.15, -0.1) is 0 Å². The van der Waals surface area contributed by atoms with Crippen molar-refractivity contribution in [1.29, 1.82) is 0 Å². The summed E-state index contributed by atoms with van der Waals surface area (Å²) in [6, 6.07) is 0. The number of aliphatic carboxylic acids is 2. The molecular weight excluding hydrogens is 220 g/mol. The number of allylic oxidation sites excluding steroid dienone is 2. The summed E-state index contributed by atoms with van der Waals surface area (Å²) in [5.74, 6) is -2.23. The first kappa shape index (κ1) is 12.0. The number of halogens is 1. The minimum atomic E-state index is -1.36. The average molecular weight is 233 g/mol. The van der Waals surface area contributed by atoms with Crippen LogP contribution in [0.3, 0.4) is 0 Å². The Labute approximate surface area is 92.5 Å². The van der Waals surface area contributed by atoms with Crippen molar-refractivity contribution < 1.29 is 19.8 Å². The van der Waals surface area contributed by atoms with Gasteiger partial charge in [-0.2, -0.15) is 0 Å². The van der Waals surface area contributed by atoms with E-state index in [4.69, 9.17) is 21.8 Å². The van der Waals surface area contributed by atoms with Crippen LogP contribution in [0.1, 0.15) is 26.7 Å². The molecule has 0 saturated heterocycles. The lowest BCUT2D eigenvalue weighted by molar-refractivity contribution is -0.171. The first-order valence-electron chi connectivity index (χ1n) is 4.55. The van der Waals surface area contributed by atoms with Gasteiger partial charge in [0.2, 0.25) is 0 Å². The van der Waals surface area contributed by atoms with Crippen LogP contribution in [0.4, 0.5) is 0 Å². The van der Waals surface area contributed by atoms with E-state index in [-0.39, 0.29) is 12.8 Å². The Hall–Kier alpha value is -1.03. The SMILES string of the molecule is CC1(C(=O)O)CC=C(Cl)CC1(C)C(=O)O. The Morgan fingerprint density at radius 3 is 2.13 bits per heavy atom. The molecule has 2 N–H and O–H groups in total. The normalized spacial score (nSPS) is 35.8. The molecule has 2 unspecified atom stereocenters. The Morgan fingerprint density at radius 2 is 1.73 bits per heavy atom. The van der Waals surface area contributed by atoms with Gasteiger partial charge in [0.1, 0.15) is 0 Å². The standard InChI is InChI=1S/C10H13ClO4/c1-9(7(12)13)4-3-6(11)5-10(9,2)8(14)15/h3H,4-5H2,1-2H3,(H,12,13)(H,14,15). The lowest BCUT2D eigenvalue weighted by Crippen LogP contribution is -2.50.